The molecule has 0 unspecified atom stereocenters. The number of benzene rings is 1. The number of hydrogen-bond acceptors (Lipinski definition) is 3. The van der Waals surface area contributed by atoms with Gasteiger partial charge < -0.3 is 14.8 Å². The van der Waals surface area contributed by atoms with Crippen molar-refractivity contribution in [2.75, 3.05) is 0 Å². The highest BCUT2D eigenvalue weighted by Crippen LogP contribution is 2.23. The highest BCUT2D eigenvalue weighted by atomic mass is 19.4. The molecule has 0 heterocycles. The molecule has 0 radical (unpaired) electrons. The van der Waals surface area contributed by atoms with Crippen molar-refractivity contribution in [2.45, 2.75) is 6.36 Å². The Labute approximate surface area is 86.2 Å². The molecular formula is C7H4BF5O3. The zero-order valence-electron chi connectivity index (χ0n) is 7.42. The summed E-state index contributed by atoms with van der Waals surface area (Å²) in [6.07, 6.45) is -5.14. The zero-order valence-corrected chi connectivity index (χ0v) is 7.42. The SMILES string of the molecule is OB(O)c1cc(F)c(F)cc1OC(F)(F)F. The van der Waals surface area contributed by atoms with E-state index in [1.165, 1.54) is 0 Å². The van der Waals surface area contributed by atoms with Gasteiger partial charge in [0.1, 0.15) is 5.75 Å². The first-order chi connectivity index (χ1) is 7.20. The van der Waals surface area contributed by atoms with Crippen LogP contribution in [-0.4, -0.2) is 23.5 Å². The highest BCUT2D eigenvalue weighted by Gasteiger charge is 2.34. The summed E-state index contributed by atoms with van der Waals surface area (Å²) in [5.74, 6) is -4.32. The molecule has 3 nitrogen and oxygen atoms in total. The molecule has 0 spiro atoms. The number of alkyl halides is 3. The maximum atomic E-state index is 12.6. The molecule has 0 saturated carbocycles. The number of hydrogen-bond donors (Lipinski definition) is 2. The fraction of sp³-hybridized carbons (Fsp3) is 0.143. The van der Waals surface area contributed by atoms with E-state index in [1.807, 2.05) is 0 Å². The molecule has 0 bridgehead atoms. The number of ether oxygens (including phenoxy) is 1. The van der Waals surface area contributed by atoms with Crippen LogP contribution in [0.25, 0.3) is 0 Å². The zero-order chi connectivity index (χ0) is 12.5. The maximum absolute atomic E-state index is 12.6. The first-order valence-corrected chi connectivity index (χ1v) is 3.81. The Morgan fingerprint density at radius 3 is 2.00 bits per heavy atom. The second-order valence-corrected chi connectivity index (χ2v) is 2.73. The molecule has 2 N–H and O–H groups in total. The normalized spacial score (nSPS) is 11.4. The lowest BCUT2D eigenvalue weighted by atomic mass is 9.79. The second kappa shape index (κ2) is 4.26. The summed E-state index contributed by atoms with van der Waals surface area (Å²) in [6.45, 7) is 0. The molecule has 0 aliphatic rings. The van der Waals surface area contributed by atoms with E-state index in [9.17, 15) is 22.0 Å². The van der Waals surface area contributed by atoms with Crippen LogP contribution in [0.15, 0.2) is 12.1 Å². The van der Waals surface area contributed by atoms with Crippen LogP contribution < -0.4 is 10.2 Å². The molecule has 0 amide bonds. The topological polar surface area (TPSA) is 49.7 Å². The maximum Gasteiger partial charge on any atom is 0.573 e. The molecule has 0 aromatic heterocycles. The van der Waals surface area contributed by atoms with Crippen LogP contribution in [0.4, 0.5) is 22.0 Å². The Morgan fingerprint density at radius 2 is 1.56 bits per heavy atom. The van der Waals surface area contributed by atoms with Crippen molar-refractivity contribution >= 4 is 12.6 Å². The fourth-order valence-electron chi connectivity index (χ4n) is 0.959. The van der Waals surface area contributed by atoms with E-state index in [-0.39, 0.29) is 12.1 Å². The molecule has 0 aliphatic carbocycles. The molecule has 0 aliphatic heterocycles. The van der Waals surface area contributed by atoms with E-state index in [0.717, 1.165) is 0 Å². The molecule has 1 aromatic rings. The van der Waals surface area contributed by atoms with Crippen molar-refractivity contribution in [3.63, 3.8) is 0 Å². The van der Waals surface area contributed by atoms with Crippen LogP contribution in [-0.2, 0) is 0 Å². The summed E-state index contributed by atoms with van der Waals surface area (Å²) in [5, 5.41) is 17.3. The van der Waals surface area contributed by atoms with Crippen molar-refractivity contribution in [3.05, 3.63) is 23.8 Å². The molecule has 9 heteroatoms. The van der Waals surface area contributed by atoms with Crippen LogP contribution in [0.3, 0.4) is 0 Å². The third kappa shape index (κ3) is 3.07. The minimum atomic E-state index is -5.14. The van der Waals surface area contributed by atoms with Gasteiger partial charge in [-0.1, -0.05) is 0 Å². The van der Waals surface area contributed by atoms with Gasteiger partial charge in [-0.15, -0.1) is 13.2 Å². The first kappa shape index (κ1) is 12.7. The predicted octanol–water partition coefficient (Wildman–Crippen LogP) is 0.543. The van der Waals surface area contributed by atoms with Gasteiger partial charge in [0.2, 0.25) is 0 Å². The molecule has 0 saturated heterocycles. The van der Waals surface area contributed by atoms with Gasteiger partial charge in [0.15, 0.2) is 11.6 Å². The highest BCUT2D eigenvalue weighted by molar-refractivity contribution is 6.59. The summed E-state index contributed by atoms with van der Waals surface area (Å²) >= 11 is 0. The van der Waals surface area contributed by atoms with Crippen molar-refractivity contribution in [1.29, 1.82) is 0 Å². The molecule has 0 fully saturated rings. The van der Waals surface area contributed by atoms with Gasteiger partial charge in [0.05, 0.1) is 0 Å². The summed E-state index contributed by atoms with van der Waals surface area (Å²) in [4.78, 5) is 0. The lowest BCUT2D eigenvalue weighted by molar-refractivity contribution is -0.274. The van der Waals surface area contributed by atoms with Gasteiger partial charge in [-0.05, 0) is 6.07 Å². The number of rotatable bonds is 2. The third-order valence-electron chi connectivity index (χ3n) is 1.56. The van der Waals surface area contributed by atoms with Crippen molar-refractivity contribution in [1.82, 2.24) is 0 Å². The quantitative estimate of drug-likeness (QED) is 0.587. The van der Waals surface area contributed by atoms with Gasteiger partial charge >= 0.3 is 13.5 Å². The Morgan fingerprint density at radius 1 is 1.06 bits per heavy atom. The van der Waals surface area contributed by atoms with Crippen molar-refractivity contribution in [2.24, 2.45) is 0 Å². The fourth-order valence-corrected chi connectivity index (χ4v) is 0.959. The Bertz CT molecular complexity index is 392. The average Bonchev–Trinajstić information content (AvgIpc) is 2.07. The summed E-state index contributed by atoms with van der Waals surface area (Å²) in [7, 11) is -2.41. The largest absolute Gasteiger partial charge is 0.573 e. The minimum Gasteiger partial charge on any atom is -0.423 e. The molecule has 1 rings (SSSR count). The average molecular weight is 242 g/mol. The molecule has 16 heavy (non-hydrogen) atoms. The van der Waals surface area contributed by atoms with Gasteiger partial charge in [0.25, 0.3) is 0 Å². The van der Waals surface area contributed by atoms with E-state index in [1.54, 1.807) is 0 Å². The molecule has 88 valence electrons. The Balaban J connectivity index is 3.20. The van der Waals surface area contributed by atoms with E-state index >= 15 is 0 Å². The van der Waals surface area contributed by atoms with E-state index in [2.05, 4.69) is 4.74 Å². The monoisotopic (exact) mass is 242 g/mol. The summed E-state index contributed by atoms with van der Waals surface area (Å²) < 4.78 is 64.0. The van der Waals surface area contributed by atoms with Gasteiger partial charge in [0, 0.05) is 11.5 Å². The van der Waals surface area contributed by atoms with Crippen molar-refractivity contribution < 1.29 is 36.7 Å². The standard InChI is InChI=1S/C7H4BF5O3/c9-4-1-3(8(14)15)6(2-5(4)10)16-7(11,12)13/h1-2,14-15H. The smallest absolute Gasteiger partial charge is 0.423 e. The van der Waals surface area contributed by atoms with Crippen LogP contribution in [0.2, 0.25) is 0 Å². The number of halogens is 5. The lowest BCUT2D eigenvalue weighted by Crippen LogP contribution is -2.34. The van der Waals surface area contributed by atoms with E-state index < -0.39 is 36.3 Å². The van der Waals surface area contributed by atoms with Gasteiger partial charge in [-0.2, -0.15) is 0 Å². The van der Waals surface area contributed by atoms with Gasteiger partial charge in [-0.3, -0.25) is 0 Å². The van der Waals surface area contributed by atoms with Crippen LogP contribution in [0.1, 0.15) is 0 Å². The van der Waals surface area contributed by atoms with Crippen molar-refractivity contribution in [3.8, 4) is 5.75 Å². The van der Waals surface area contributed by atoms with Gasteiger partial charge in [-0.25, -0.2) is 8.78 Å². The molecule has 0 atom stereocenters. The second-order valence-electron chi connectivity index (χ2n) is 2.73. The summed E-state index contributed by atoms with van der Waals surface area (Å²) in [5.41, 5.74) is -0.920. The first-order valence-electron chi connectivity index (χ1n) is 3.81. The van der Waals surface area contributed by atoms with Crippen LogP contribution in [0.5, 0.6) is 5.75 Å². The predicted molar refractivity (Wildman–Crippen MR) is 42.9 cm³/mol. The molecule has 1 aromatic carbocycles. The Hall–Kier alpha value is -1.35. The third-order valence-corrected chi connectivity index (χ3v) is 1.56. The van der Waals surface area contributed by atoms with E-state index in [0.29, 0.717) is 0 Å². The minimum absolute atomic E-state index is 0.0809. The Kier molecular flexibility index (Phi) is 3.39. The van der Waals surface area contributed by atoms with Crippen LogP contribution in [0, 0.1) is 11.6 Å². The molecular weight excluding hydrogens is 238 g/mol. The van der Waals surface area contributed by atoms with E-state index in [4.69, 9.17) is 10.0 Å². The van der Waals surface area contributed by atoms with Crippen LogP contribution >= 0.6 is 0 Å². The lowest BCUT2D eigenvalue weighted by Gasteiger charge is -2.13. The summed E-state index contributed by atoms with van der Waals surface area (Å²) in [6, 6.07) is 0.290.